The number of rotatable bonds is 3. The van der Waals surface area contributed by atoms with E-state index in [1.165, 1.54) is 11.4 Å². The first-order valence-corrected chi connectivity index (χ1v) is 5.33. The SMILES string of the molecule is Cc1cc(C)[n+](CNc2nccs2)[nH]1. The normalized spacial score (nSPS) is 10.4. The van der Waals surface area contributed by atoms with Gasteiger partial charge in [0.25, 0.3) is 0 Å². The second-order valence-corrected chi connectivity index (χ2v) is 4.08. The maximum Gasteiger partial charge on any atom is 0.247 e. The maximum absolute atomic E-state index is 4.15. The number of hydrogen-bond donors (Lipinski definition) is 2. The zero-order valence-corrected chi connectivity index (χ0v) is 9.06. The highest BCUT2D eigenvalue weighted by Gasteiger charge is 2.08. The lowest BCUT2D eigenvalue weighted by atomic mass is 10.4. The van der Waals surface area contributed by atoms with E-state index < -0.39 is 0 Å². The molecule has 4 nitrogen and oxygen atoms in total. The van der Waals surface area contributed by atoms with Crippen LogP contribution < -0.4 is 10.00 Å². The summed E-state index contributed by atoms with van der Waals surface area (Å²) >= 11 is 1.61. The summed E-state index contributed by atoms with van der Waals surface area (Å²) in [6.07, 6.45) is 1.80. The molecule has 2 aromatic rings. The summed E-state index contributed by atoms with van der Waals surface area (Å²) in [5.41, 5.74) is 2.38. The molecule has 0 saturated carbocycles. The summed E-state index contributed by atoms with van der Waals surface area (Å²) in [4.78, 5) is 4.15. The number of thiazole rings is 1. The average Bonchev–Trinajstić information content (AvgIpc) is 2.72. The topological polar surface area (TPSA) is 44.6 Å². The van der Waals surface area contributed by atoms with Gasteiger partial charge in [0.05, 0.1) is 5.69 Å². The van der Waals surface area contributed by atoms with Crippen molar-refractivity contribution in [2.75, 3.05) is 5.32 Å². The van der Waals surface area contributed by atoms with Gasteiger partial charge < -0.3 is 5.32 Å². The fourth-order valence-electron chi connectivity index (χ4n) is 1.35. The predicted octanol–water partition coefficient (Wildman–Crippen LogP) is 1.45. The number of aromatic nitrogens is 3. The highest BCUT2D eigenvalue weighted by atomic mass is 32.1. The minimum atomic E-state index is 0.729. The Morgan fingerprint density at radius 1 is 1.57 bits per heavy atom. The first kappa shape index (κ1) is 9.21. The van der Waals surface area contributed by atoms with Crippen molar-refractivity contribution in [1.29, 1.82) is 0 Å². The van der Waals surface area contributed by atoms with Crippen molar-refractivity contribution in [3.63, 3.8) is 0 Å². The highest BCUT2D eigenvalue weighted by molar-refractivity contribution is 7.13. The lowest BCUT2D eigenvalue weighted by molar-refractivity contribution is -0.750. The van der Waals surface area contributed by atoms with Gasteiger partial charge in [0, 0.05) is 24.6 Å². The van der Waals surface area contributed by atoms with E-state index in [2.05, 4.69) is 33.1 Å². The van der Waals surface area contributed by atoms with Crippen molar-refractivity contribution in [3.8, 4) is 0 Å². The van der Waals surface area contributed by atoms with Crippen LogP contribution >= 0.6 is 11.3 Å². The molecule has 0 aromatic carbocycles. The minimum Gasteiger partial charge on any atom is -0.304 e. The third kappa shape index (κ3) is 1.93. The Balaban J connectivity index is 2.01. The standard InChI is InChI=1S/C9H12N4S/c1-7-5-8(2)13(12-7)6-11-9-10-3-4-14-9/h3-5H,6H2,1-2H3,(H,10,11)/p+1. The molecule has 0 amide bonds. The molecule has 0 radical (unpaired) electrons. The largest absolute Gasteiger partial charge is 0.304 e. The Morgan fingerprint density at radius 2 is 2.43 bits per heavy atom. The van der Waals surface area contributed by atoms with E-state index in [0.717, 1.165) is 11.8 Å². The van der Waals surface area contributed by atoms with Gasteiger partial charge in [0.1, 0.15) is 0 Å². The lowest BCUT2D eigenvalue weighted by Crippen LogP contribution is -2.41. The van der Waals surface area contributed by atoms with Crippen molar-refractivity contribution in [3.05, 3.63) is 29.0 Å². The van der Waals surface area contributed by atoms with Crippen LogP contribution in [0, 0.1) is 13.8 Å². The average molecular weight is 209 g/mol. The van der Waals surface area contributed by atoms with Crippen LogP contribution in [0.1, 0.15) is 11.4 Å². The molecule has 0 bridgehead atoms. The number of H-pyrrole nitrogens is 1. The second-order valence-electron chi connectivity index (χ2n) is 3.18. The van der Waals surface area contributed by atoms with Gasteiger partial charge in [0.15, 0.2) is 5.13 Å². The monoisotopic (exact) mass is 209 g/mol. The summed E-state index contributed by atoms with van der Waals surface area (Å²) in [7, 11) is 0. The van der Waals surface area contributed by atoms with Gasteiger partial charge >= 0.3 is 0 Å². The fourth-order valence-corrected chi connectivity index (χ4v) is 1.87. The van der Waals surface area contributed by atoms with E-state index in [1.807, 2.05) is 12.3 Å². The maximum atomic E-state index is 4.15. The minimum absolute atomic E-state index is 0.729. The van der Waals surface area contributed by atoms with E-state index in [0.29, 0.717) is 0 Å². The van der Waals surface area contributed by atoms with Crippen molar-refractivity contribution >= 4 is 16.5 Å². The number of nitrogens with one attached hydrogen (secondary N) is 2. The van der Waals surface area contributed by atoms with E-state index in [9.17, 15) is 0 Å². The highest BCUT2D eigenvalue weighted by Crippen LogP contribution is 2.09. The third-order valence-electron chi connectivity index (χ3n) is 1.98. The number of anilines is 1. The molecule has 0 saturated heterocycles. The molecule has 5 heteroatoms. The molecule has 2 rings (SSSR count). The molecule has 0 aliphatic carbocycles. The summed E-state index contributed by atoms with van der Waals surface area (Å²) in [6.45, 7) is 4.85. The summed E-state index contributed by atoms with van der Waals surface area (Å²) < 4.78 is 2.05. The third-order valence-corrected chi connectivity index (χ3v) is 2.71. The Kier molecular flexibility index (Phi) is 2.49. The van der Waals surface area contributed by atoms with Gasteiger partial charge in [0.2, 0.25) is 12.4 Å². The van der Waals surface area contributed by atoms with Crippen LogP contribution in [0.15, 0.2) is 17.6 Å². The predicted molar refractivity (Wildman–Crippen MR) is 56.2 cm³/mol. The number of hydrogen-bond acceptors (Lipinski definition) is 3. The molecule has 0 unspecified atom stereocenters. The van der Waals surface area contributed by atoms with Crippen LogP contribution in [0.3, 0.4) is 0 Å². The van der Waals surface area contributed by atoms with Crippen LogP contribution in [-0.4, -0.2) is 10.1 Å². The van der Waals surface area contributed by atoms with Gasteiger partial charge in [-0.25, -0.2) is 4.98 Å². The molecule has 0 atom stereocenters. The van der Waals surface area contributed by atoms with Crippen molar-refractivity contribution in [2.45, 2.75) is 20.5 Å². The van der Waals surface area contributed by atoms with Crippen LogP contribution in [0.25, 0.3) is 0 Å². The van der Waals surface area contributed by atoms with Gasteiger partial charge in [-0.15, -0.1) is 11.3 Å². The van der Waals surface area contributed by atoms with Crippen molar-refractivity contribution in [2.24, 2.45) is 0 Å². The van der Waals surface area contributed by atoms with Crippen LogP contribution in [0.5, 0.6) is 0 Å². The summed E-state index contributed by atoms with van der Waals surface area (Å²) in [5, 5.41) is 9.38. The molecular weight excluding hydrogens is 196 g/mol. The zero-order valence-electron chi connectivity index (χ0n) is 8.24. The molecular formula is C9H13N4S+. The molecule has 14 heavy (non-hydrogen) atoms. The van der Waals surface area contributed by atoms with Crippen LogP contribution in [-0.2, 0) is 6.67 Å². The Hall–Kier alpha value is -1.36. The molecule has 0 aliphatic rings. The zero-order chi connectivity index (χ0) is 9.97. The first-order chi connectivity index (χ1) is 6.75. The van der Waals surface area contributed by atoms with Crippen molar-refractivity contribution in [1.82, 2.24) is 10.1 Å². The summed E-state index contributed by atoms with van der Waals surface area (Å²) in [5.74, 6) is 0. The van der Waals surface area contributed by atoms with Crippen LogP contribution in [0.2, 0.25) is 0 Å². The molecule has 0 spiro atoms. The lowest BCUT2D eigenvalue weighted by Gasteiger charge is -1.96. The quantitative estimate of drug-likeness (QED) is 0.751. The van der Waals surface area contributed by atoms with Crippen molar-refractivity contribution < 1.29 is 4.68 Å². The van der Waals surface area contributed by atoms with E-state index in [1.54, 1.807) is 17.5 Å². The smallest absolute Gasteiger partial charge is 0.247 e. The Morgan fingerprint density at radius 3 is 3.00 bits per heavy atom. The number of aryl methyl sites for hydroxylation is 2. The van der Waals surface area contributed by atoms with Gasteiger partial charge in [-0.2, -0.15) is 5.10 Å². The number of aromatic amines is 1. The van der Waals surface area contributed by atoms with E-state index >= 15 is 0 Å². The van der Waals surface area contributed by atoms with E-state index in [4.69, 9.17) is 0 Å². The second kappa shape index (κ2) is 3.79. The van der Waals surface area contributed by atoms with Gasteiger partial charge in [-0.05, 0) is 6.92 Å². The molecule has 74 valence electrons. The summed E-state index contributed by atoms with van der Waals surface area (Å²) in [6, 6.07) is 2.11. The molecule has 2 N–H and O–H groups in total. The molecule has 2 aromatic heterocycles. The molecule has 0 aliphatic heterocycles. The Labute approximate surface area is 86.6 Å². The Bertz CT molecular complexity index is 404. The van der Waals surface area contributed by atoms with Crippen LogP contribution in [0.4, 0.5) is 5.13 Å². The molecule has 2 heterocycles. The fraction of sp³-hybridized carbons (Fsp3) is 0.333. The van der Waals surface area contributed by atoms with Gasteiger partial charge in [-0.1, -0.05) is 4.68 Å². The number of nitrogens with zero attached hydrogens (tertiary/aromatic N) is 2. The van der Waals surface area contributed by atoms with Gasteiger partial charge in [-0.3, -0.25) is 0 Å². The molecule has 0 fully saturated rings. The first-order valence-electron chi connectivity index (χ1n) is 4.45. The van der Waals surface area contributed by atoms with E-state index in [-0.39, 0.29) is 0 Å².